The number of aliphatic hydroxyl groups is 1. The zero-order valence-electron chi connectivity index (χ0n) is 22.2. The molecule has 0 aromatic heterocycles. The fourth-order valence-corrected chi connectivity index (χ4v) is 3.91. The van der Waals surface area contributed by atoms with Crippen LogP contribution in [0.5, 0.6) is 5.75 Å². The van der Waals surface area contributed by atoms with Crippen LogP contribution in [0.2, 0.25) is 0 Å². The number of rotatable bonds is 14. The first-order valence-electron chi connectivity index (χ1n) is 12.0. The first-order valence-corrected chi connectivity index (χ1v) is 13.5. The molecule has 0 saturated carbocycles. The summed E-state index contributed by atoms with van der Waals surface area (Å²) in [6, 6.07) is 6.26. The highest BCUT2D eigenvalue weighted by Crippen LogP contribution is 2.41. The molecule has 192 valence electrons. The predicted molar refractivity (Wildman–Crippen MR) is 142 cm³/mol. The summed E-state index contributed by atoms with van der Waals surface area (Å²) in [6.07, 6.45) is 12.9. The lowest BCUT2D eigenvalue weighted by molar-refractivity contribution is 0.0216. The molecule has 0 amide bonds. The van der Waals surface area contributed by atoms with Crippen LogP contribution in [0.3, 0.4) is 0 Å². The van der Waals surface area contributed by atoms with Crippen LogP contribution >= 0.6 is 0 Å². The van der Waals surface area contributed by atoms with Gasteiger partial charge in [0.05, 0.1) is 11.5 Å². The molecule has 5 nitrogen and oxygen atoms in total. The Kier molecular flexibility index (Phi) is 12.7. The fourth-order valence-electron chi connectivity index (χ4n) is 3.68. The standard InChI is InChI=1S/C28H44O5S/c1-9-12-13-15-26(31-18-14-19-33-34(8)30)28(10-2,11-3)23-16-17-24(22(4)20-23)32-21-25(29)27(5,6)7/h9,12,14-17,19-20,25,29H,10-11,13,18,21H2,1-8H3/b12-9-,19-14+,26-15-. The van der Waals surface area contributed by atoms with Crippen LogP contribution in [0.4, 0.5) is 0 Å². The van der Waals surface area contributed by atoms with Crippen molar-refractivity contribution in [2.75, 3.05) is 19.5 Å². The van der Waals surface area contributed by atoms with Gasteiger partial charge in [-0.3, -0.25) is 0 Å². The summed E-state index contributed by atoms with van der Waals surface area (Å²) in [4.78, 5) is 0. The number of hydrogen-bond acceptors (Lipinski definition) is 5. The van der Waals surface area contributed by atoms with Gasteiger partial charge in [0.2, 0.25) is 11.1 Å². The van der Waals surface area contributed by atoms with Crippen LogP contribution in [-0.2, 0) is 25.4 Å². The SMILES string of the molecule is C/C=C\C/C=C(\OC/C=C/OS(C)=O)C(CC)(CC)c1ccc(OCC(O)C(C)(C)C)c(C)c1. The lowest BCUT2D eigenvalue weighted by atomic mass is 9.73. The summed E-state index contributed by atoms with van der Waals surface area (Å²) < 4.78 is 28.3. The van der Waals surface area contributed by atoms with Gasteiger partial charge < -0.3 is 18.8 Å². The molecule has 0 bridgehead atoms. The van der Waals surface area contributed by atoms with Crippen LogP contribution in [0, 0.1) is 12.3 Å². The van der Waals surface area contributed by atoms with Crippen LogP contribution < -0.4 is 4.74 Å². The van der Waals surface area contributed by atoms with Gasteiger partial charge in [-0.25, -0.2) is 4.21 Å². The molecule has 0 fully saturated rings. The molecule has 2 unspecified atom stereocenters. The maximum absolute atomic E-state index is 11.1. The van der Waals surface area contributed by atoms with E-state index in [0.717, 1.165) is 36.3 Å². The molecule has 0 heterocycles. The van der Waals surface area contributed by atoms with Gasteiger partial charge in [0.25, 0.3) is 0 Å². The van der Waals surface area contributed by atoms with Crippen molar-refractivity contribution >= 4 is 11.1 Å². The van der Waals surface area contributed by atoms with E-state index in [2.05, 4.69) is 38.1 Å². The molecular weight excluding hydrogens is 448 g/mol. The lowest BCUT2D eigenvalue weighted by Crippen LogP contribution is -2.32. The monoisotopic (exact) mass is 492 g/mol. The molecule has 6 heteroatoms. The summed E-state index contributed by atoms with van der Waals surface area (Å²) >= 11 is -1.34. The normalized spacial score (nSPS) is 15.0. The van der Waals surface area contributed by atoms with Crippen molar-refractivity contribution in [3.8, 4) is 5.75 Å². The zero-order chi connectivity index (χ0) is 25.8. The van der Waals surface area contributed by atoms with Crippen molar-refractivity contribution in [2.24, 2.45) is 5.41 Å². The highest BCUT2D eigenvalue weighted by atomic mass is 32.2. The van der Waals surface area contributed by atoms with E-state index in [-0.39, 0.29) is 17.4 Å². The molecule has 2 atom stereocenters. The second-order valence-electron chi connectivity index (χ2n) is 9.52. The number of hydrogen-bond donors (Lipinski definition) is 1. The molecule has 1 aromatic rings. The number of allylic oxidation sites excluding steroid dienone is 4. The third-order valence-corrected chi connectivity index (χ3v) is 6.48. The summed E-state index contributed by atoms with van der Waals surface area (Å²) in [5, 5.41) is 10.3. The number of aryl methyl sites for hydroxylation is 1. The van der Waals surface area contributed by atoms with E-state index < -0.39 is 17.2 Å². The summed E-state index contributed by atoms with van der Waals surface area (Å²) in [6.45, 7) is 15.0. The molecular formula is C28H44O5S. The molecule has 0 spiro atoms. The van der Waals surface area contributed by atoms with Gasteiger partial charge in [0.1, 0.15) is 31.0 Å². The first kappa shape index (κ1) is 30.0. The summed E-state index contributed by atoms with van der Waals surface area (Å²) in [5.41, 5.74) is 1.66. The van der Waals surface area contributed by atoms with Crippen molar-refractivity contribution in [2.45, 2.75) is 79.2 Å². The van der Waals surface area contributed by atoms with Gasteiger partial charge in [-0.2, -0.15) is 0 Å². The summed E-state index contributed by atoms with van der Waals surface area (Å²) in [7, 11) is 0. The molecule has 0 saturated heterocycles. The van der Waals surface area contributed by atoms with E-state index >= 15 is 0 Å². The Morgan fingerprint density at radius 2 is 1.85 bits per heavy atom. The fraction of sp³-hybridized carbons (Fsp3) is 0.571. The lowest BCUT2D eigenvalue weighted by Gasteiger charge is -2.35. The Labute approximate surface area is 209 Å². The Balaban J connectivity index is 3.23. The highest BCUT2D eigenvalue weighted by molar-refractivity contribution is 7.79. The predicted octanol–water partition coefficient (Wildman–Crippen LogP) is 6.53. The topological polar surface area (TPSA) is 65.0 Å². The van der Waals surface area contributed by atoms with Crippen molar-refractivity contribution in [3.63, 3.8) is 0 Å². The van der Waals surface area contributed by atoms with Crippen LogP contribution in [0.1, 0.15) is 71.9 Å². The number of ether oxygens (including phenoxy) is 2. The van der Waals surface area contributed by atoms with E-state index in [0.29, 0.717) is 6.61 Å². The maximum atomic E-state index is 11.1. The average molecular weight is 493 g/mol. The maximum Gasteiger partial charge on any atom is 0.202 e. The van der Waals surface area contributed by atoms with Crippen LogP contribution in [0.15, 0.2) is 54.5 Å². The summed E-state index contributed by atoms with van der Waals surface area (Å²) in [5.74, 6) is 1.69. The van der Waals surface area contributed by atoms with Gasteiger partial charge in [0.15, 0.2) is 0 Å². The van der Waals surface area contributed by atoms with Gasteiger partial charge in [-0.15, -0.1) is 0 Å². The first-order chi connectivity index (χ1) is 16.0. The quantitative estimate of drug-likeness (QED) is 0.236. The van der Waals surface area contributed by atoms with Gasteiger partial charge in [-0.05, 0) is 67.9 Å². The molecule has 0 aliphatic rings. The Bertz CT molecular complexity index is 860. The third-order valence-electron chi connectivity index (χ3n) is 6.10. The molecule has 0 radical (unpaired) electrons. The van der Waals surface area contributed by atoms with Gasteiger partial charge >= 0.3 is 0 Å². The smallest absolute Gasteiger partial charge is 0.202 e. The minimum absolute atomic E-state index is 0.233. The van der Waals surface area contributed by atoms with Gasteiger partial charge in [0, 0.05) is 6.26 Å². The number of aliphatic hydroxyl groups excluding tert-OH is 1. The van der Waals surface area contributed by atoms with Crippen molar-refractivity contribution in [1.82, 2.24) is 0 Å². The molecule has 1 aromatic carbocycles. The van der Waals surface area contributed by atoms with Crippen molar-refractivity contribution in [3.05, 3.63) is 65.7 Å². The van der Waals surface area contributed by atoms with E-state index in [4.69, 9.17) is 13.7 Å². The third kappa shape index (κ3) is 8.95. The molecule has 34 heavy (non-hydrogen) atoms. The van der Waals surface area contributed by atoms with Gasteiger partial charge in [-0.1, -0.05) is 58.9 Å². The second kappa shape index (κ2) is 14.4. The Hall–Kier alpha value is -2.05. The minimum atomic E-state index is -1.34. The van der Waals surface area contributed by atoms with E-state index in [1.807, 2.05) is 46.8 Å². The Morgan fingerprint density at radius 3 is 2.38 bits per heavy atom. The molecule has 1 N–H and O–H groups in total. The highest BCUT2D eigenvalue weighted by Gasteiger charge is 2.35. The molecule has 1 rings (SSSR count). The van der Waals surface area contributed by atoms with Crippen LogP contribution in [-0.4, -0.2) is 34.9 Å². The van der Waals surface area contributed by atoms with Crippen molar-refractivity contribution < 1.29 is 23.0 Å². The molecule has 0 aliphatic carbocycles. The second-order valence-corrected chi connectivity index (χ2v) is 10.5. The average Bonchev–Trinajstić information content (AvgIpc) is 2.78. The van der Waals surface area contributed by atoms with E-state index in [9.17, 15) is 9.32 Å². The Morgan fingerprint density at radius 1 is 1.18 bits per heavy atom. The van der Waals surface area contributed by atoms with E-state index in [1.165, 1.54) is 18.1 Å². The minimum Gasteiger partial charge on any atom is -0.493 e. The molecule has 0 aliphatic heterocycles. The zero-order valence-corrected chi connectivity index (χ0v) is 23.0. The number of benzene rings is 1. The largest absolute Gasteiger partial charge is 0.493 e. The van der Waals surface area contributed by atoms with Crippen molar-refractivity contribution in [1.29, 1.82) is 0 Å². The van der Waals surface area contributed by atoms with E-state index in [1.54, 1.807) is 6.08 Å². The van der Waals surface area contributed by atoms with Crippen LogP contribution in [0.25, 0.3) is 0 Å².